The minimum Gasteiger partial charge on any atom is -0.381 e. The first kappa shape index (κ1) is 13.2. The highest BCUT2D eigenvalue weighted by molar-refractivity contribution is 9.10. The number of anilines is 1. The summed E-state index contributed by atoms with van der Waals surface area (Å²) in [6.07, 6.45) is 6.58. The van der Waals surface area contributed by atoms with Crippen molar-refractivity contribution in [2.45, 2.75) is 45.1 Å². The van der Waals surface area contributed by atoms with Crippen LogP contribution in [-0.2, 0) is 0 Å². The molecule has 0 aliphatic heterocycles. The predicted octanol–water partition coefficient (Wildman–Crippen LogP) is 5.48. The first-order chi connectivity index (χ1) is 8.20. The molecule has 1 nitrogen and oxygen atoms in total. The van der Waals surface area contributed by atoms with Gasteiger partial charge in [-0.05, 0) is 37.0 Å². The van der Waals surface area contributed by atoms with Gasteiger partial charge in [-0.1, -0.05) is 53.7 Å². The summed E-state index contributed by atoms with van der Waals surface area (Å²) in [5.41, 5.74) is 1.06. The molecular weight excluding hydrogens is 298 g/mol. The molecule has 17 heavy (non-hydrogen) atoms. The van der Waals surface area contributed by atoms with Crippen LogP contribution in [0.15, 0.2) is 22.7 Å². The van der Waals surface area contributed by atoms with Crippen LogP contribution < -0.4 is 5.32 Å². The third-order valence-corrected chi connectivity index (χ3v) is 4.53. The maximum absolute atomic E-state index is 6.22. The van der Waals surface area contributed by atoms with E-state index in [9.17, 15) is 0 Å². The molecule has 2 unspecified atom stereocenters. The van der Waals surface area contributed by atoms with Crippen molar-refractivity contribution in [1.82, 2.24) is 0 Å². The lowest BCUT2D eigenvalue weighted by molar-refractivity contribution is 0.317. The summed E-state index contributed by atoms with van der Waals surface area (Å²) in [7, 11) is 0. The Morgan fingerprint density at radius 3 is 2.88 bits per heavy atom. The van der Waals surface area contributed by atoms with E-state index in [1.54, 1.807) is 0 Å². The van der Waals surface area contributed by atoms with Crippen LogP contribution in [0.2, 0.25) is 5.02 Å². The van der Waals surface area contributed by atoms with Crippen LogP contribution in [0.3, 0.4) is 0 Å². The van der Waals surface area contributed by atoms with Crippen molar-refractivity contribution in [2.24, 2.45) is 5.92 Å². The van der Waals surface area contributed by atoms with Crippen molar-refractivity contribution in [2.75, 3.05) is 5.32 Å². The van der Waals surface area contributed by atoms with Crippen molar-refractivity contribution in [3.05, 3.63) is 27.7 Å². The van der Waals surface area contributed by atoms with E-state index >= 15 is 0 Å². The molecule has 0 bridgehead atoms. The summed E-state index contributed by atoms with van der Waals surface area (Å²) in [5, 5.41) is 4.44. The third kappa shape index (κ3) is 3.38. The lowest BCUT2D eigenvalue weighted by Gasteiger charge is -2.32. The standard InChI is InChI=1S/C14H19BrClN/c1-2-10-5-3-4-6-13(10)17-14-9-11(15)7-8-12(14)16/h7-10,13,17H,2-6H2,1H3. The van der Waals surface area contributed by atoms with Gasteiger partial charge in [0.25, 0.3) is 0 Å². The van der Waals surface area contributed by atoms with Crippen LogP contribution in [0.5, 0.6) is 0 Å². The molecule has 0 amide bonds. The van der Waals surface area contributed by atoms with Crippen LogP contribution in [0.1, 0.15) is 39.0 Å². The molecular formula is C14H19BrClN. The van der Waals surface area contributed by atoms with Crippen LogP contribution in [0.25, 0.3) is 0 Å². The normalized spacial score (nSPS) is 24.6. The van der Waals surface area contributed by atoms with Gasteiger partial charge in [-0.15, -0.1) is 0 Å². The molecule has 1 aliphatic rings. The van der Waals surface area contributed by atoms with E-state index in [0.717, 1.165) is 21.1 Å². The highest BCUT2D eigenvalue weighted by Crippen LogP contribution is 2.32. The number of halogens is 2. The maximum Gasteiger partial charge on any atom is 0.0638 e. The molecule has 0 saturated heterocycles. The Balaban J connectivity index is 2.10. The van der Waals surface area contributed by atoms with Gasteiger partial charge in [0.15, 0.2) is 0 Å². The topological polar surface area (TPSA) is 12.0 Å². The van der Waals surface area contributed by atoms with Gasteiger partial charge in [0.2, 0.25) is 0 Å². The second-order valence-corrected chi connectivity index (χ2v) is 6.15. The molecule has 0 radical (unpaired) electrons. The van der Waals surface area contributed by atoms with Gasteiger partial charge in [-0.3, -0.25) is 0 Å². The lowest BCUT2D eigenvalue weighted by atomic mass is 9.83. The smallest absolute Gasteiger partial charge is 0.0638 e. The Morgan fingerprint density at radius 1 is 1.35 bits per heavy atom. The highest BCUT2D eigenvalue weighted by Gasteiger charge is 2.23. The van der Waals surface area contributed by atoms with Gasteiger partial charge in [-0.25, -0.2) is 0 Å². The predicted molar refractivity (Wildman–Crippen MR) is 78.8 cm³/mol. The van der Waals surface area contributed by atoms with Crippen LogP contribution >= 0.6 is 27.5 Å². The van der Waals surface area contributed by atoms with Crippen molar-refractivity contribution >= 4 is 33.2 Å². The summed E-state index contributed by atoms with van der Waals surface area (Å²) in [6.45, 7) is 2.28. The van der Waals surface area contributed by atoms with E-state index in [-0.39, 0.29) is 0 Å². The maximum atomic E-state index is 6.22. The van der Waals surface area contributed by atoms with Crippen molar-refractivity contribution in [3.8, 4) is 0 Å². The Bertz CT molecular complexity index is 380. The first-order valence-corrected chi connectivity index (χ1v) is 7.59. The second kappa shape index (κ2) is 6.10. The summed E-state index contributed by atoms with van der Waals surface area (Å²) in [5.74, 6) is 0.791. The zero-order valence-corrected chi connectivity index (χ0v) is 12.5. The molecule has 0 spiro atoms. The van der Waals surface area contributed by atoms with Gasteiger partial charge in [0.1, 0.15) is 0 Å². The molecule has 1 aliphatic carbocycles. The van der Waals surface area contributed by atoms with Gasteiger partial charge in [0, 0.05) is 10.5 Å². The Kier molecular flexibility index (Phi) is 4.75. The molecule has 0 aromatic heterocycles. The molecule has 1 N–H and O–H groups in total. The summed E-state index contributed by atoms with van der Waals surface area (Å²) in [6, 6.07) is 6.58. The van der Waals surface area contributed by atoms with Crippen LogP contribution in [0, 0.1) is 5.92 Å². The second-order valence-electron chi connectivity index (χ2n) is 4.83. The first-order valence-electron chi connectivity index (χ1n) is 6.42. The highest BCUT2D eigenvalue weighted by atomic mass is 79.9. The van der Waals surface area contributed by atoms with E-state index in [2.05, 4.69) is 34.2 Å². The van der Waals surface area contributed by atoms with Gasteiger partial charge >= 0.3 is 0 Å². The van der Waals surface area contributed by atoms with Gasteiger partial charge in [-0.2, -0.15) is 0 Å². The fourth-order valence-electron chi connectivity index (χ4n) is 2.69. The van der Waals surface area contributed by atoms with E-state index in [1.165, 1.54) is 32.1 Å². The molecule has 2 atom stereocenters. The van der Waals surface area contributed by atoms with Crippen molar-refractivity contribution in [1.29, 1.82) is 0 Å². The fraction of sp³-hybridized carbons (Fsp3) is 0.571. The summed E-state index contributed by atoms with van der Waals surface area (Å²) in [4.78, 5) is 0. The van der Waals surface area contributed by atoms with Crippen LogP contribution in [-0.4, -0.2) is 6.04 Å². The van der Waals surface area contributed by atoms with E-state index < -0.39 is 0 Å². The lowest BCUT2D eigenvalue weighted by Crippen LogP contribution is -2.31. The Labute approximate surface area is 117 Å². The SMILES string of the molecule is CCC1CCCCC1Nc1cc(Br)ccc1Cl. The summed E-state index contributed by atoms with van der Waals surface area (Å²) >= 11 is 9.72. The Morgan fingerprint density at radius 2 is 2.12 bits per heavy atom. The molecule has 3 heteroatoms. The fourth-order valence-corrected chi connectivity index (χ4v) is 3.23. The van der Waals surface area contributed by atoms with E-state index in [4.69, 9.17) is 11.6 Å². The molecule has 94 valence electrons. The molecule has 1 aromatic carbocycles. The van der Waals surface area contributed by atoms with Crippen LogP contribution in [0.4, 0.5) is 5.69 Å². The largest absolute Gasteiger partial charge is 0.381 e. The zero-order valence-electron chi connectivity index (χ0n) is 10.2. The molecule has 2 rings (SSSR count). The van der Waals surface area contributed by atoms with Crippen molar-refractivity contribution in [3.63, 3.8) is 0 Å². The number of hydrogen-bond acceptors (Lipinski definition) is 1. The van der Waals surface area contributed by atoms with E-state index in [1.807, 2.05) is 12.1 Å². The third-order valence-electron chi connectivity index (χ3n) is 3.70. The zero-order chi connectivity index (χ0) is 12.3. The van der Waals surface area contributed by atoms with Gasteiger partial charge < -0.3 is 5.32 Å². The quantitative estimate of drug-likeness (QED) is 0.778. The number of rotatable bonds is 3. The van der Waals surface area contributed by atoms with E-state index in [0.29, 0.717) is 6.04 Å². The van der Waals surface area contributed by atoms with Crippen molar-refractivity contribution < 1.29 is 0 Å². The molecule has 1 saturated carbocycles. The minimum absolute atomic E-state index is 0.584. The Hall–Kier alpha value is -0.210. The molecule has 1 fully saturated rings. The number of benzene rings is 1. The molecule has 1 aromatic rings. The summed E-state index contributed by atoms with van der Waals surface area (Å²) < 4.78 is 1.08. The average molecular weight is 317 g/mol. The minimum atomic E-state index is 0.584. The monoisotopic (exact) mass is 315 g/mol. The van der Waals surface area contributed by atoms with Gasteiger partial charge in [0.05, 0.1) is 10.7 Å². The molecule has 0 heterocycles. The average Bonchev–Trinajstić information content (AvgIpc) is 2.34. The number of nitrogens with one attached hydrogen (secondary N) is 1. The number of hydrogen-bond donors (Lipinski definition) is 1.